The third-order valence-corrected chi connectivity index (χ3v) is 6.01. The first-order chi connectivity index (χ1) is 15.9. The van der Waals surface area contributed by atoms with Gasteiger partial charge in [0.05, 0.1) is 30.6 Å². The smallest absolute Gasteiger partial charge is 0.270 e. The summed E-state index contributed by atoms with van der Waals surface area (Å²) in [6, 6.07) is 5.63. The molecule has 33 heavy (non-hydrogen) atoms. The number of imidazole rings is 1. The molecule has 0 bridgehead atoms. The van der Waals surface area contributed by atoms with Gasteiger partial charge >= 0.3 is 0 Å². The molecule has 1 aliphatic heterocycles. The summed E-state index contributed by atoms with van der Waals surface area (Å²) < 4.78 is 7.28. The van der Waals surface area contributed by atoms with Crippen molar-refractivity contribution in [3.8, 4) is 0 Å². The maximum Gasteiger partial charge on any atom is 0.270 e. The number of hydrogen-bond donors (Lipinski definition) is 1. The lowest BCUT2D eigenvalue weighted by atomic mass is 9.96. The summed E-state index contributed by atoms with van der Waals surface area (Å²) in [5, 5.41) is 0. The Morgan fingerprint density at radius 1 is 1.27 bits per heavy atom. The van der Waals surface area contributed by atoms with Crippen LogP contribution in [0.2, 0.25) is 0 Å². The molecular formula is C25H29N5O3. The lowest BCUT2D eigenvalue weighted by Gasteiger charge is -2.27. The number of ether oxygens (including phenoxy) is 1. The number of fused-ring (bicyclic) bond motifs is 1. The van der Waals surface area contributed by atoms with Crippen LogP contribution in [0.3, 0.4) is 0 Å². The summed E-state index contributed by atoms with van der Waals surface area (Å²) in [6.45, 7) is 10.7. The number of aryl methyl sites for hydroxylation is 1. The quantitative estimate of drug-likeness (QED) is 0.564. The predicted octanol–water partition coefficient (Wildman–Crippen LogP) is 3.08. The molecule has 1 saturated heterocycles. The molecule has 1 aliphatic rings. The molecule has 0 atom stereocenters. The van der Waals surface area contributed by atoms with Crippen LogP contribution in [0.25, 0.3) is 16.6 Å². The zero-order chi connectivity index (χ0) is 23.5. The summed E-state index contributed by atoms with van der Waals surface area (Å²) in [5.74, 6) is -0.199. The summed E-state index contributed by atoms with van der Waals surface area (Å²) in [7, 11) is 3.66. The number of nitrogens with zero attached hydrogens (tertiary/aromatic N) is 4. The number of morpholine rings is 1. The summed E-state index contributed by atoms with van der Waals surface area (Å²) in [5.41, 5.74) is 4.62. The molecule has 8 heteroatoms. The molecule has 0 unspecified atom stereocenters. The largest absolute Gasteiger partial charge is 0.378 e. The van der Waals surface area contributed by atoms with E-state index >= 15 is 0 Å². The molecule has 0 spiro atoms. The van der Waals surface area contributed by atoms with E-state index in [9.17, 15) is 9.59 Å². The standard InChI is InChI=1S/C25H29N5O3/c1-5-6-9-28(3)25(32)23-19(7-8-26-23)17(2)18-14-20(22-21(15-18)29(4)16-27-22)24(31)30-10-12-33-13-11-30/h5,7-8,14-16,26H,1-2,6,9-13H2,3-4H3. The van der Waals surface area contributed by atoms with Crippen LogP contribution < -0.4 is 0 Å². The van der Waals surface area contributed by atoms with Crippen LogP contribution in [0.15, 0.2) is 50.0 Å². The Labute approximate surface area is 193 Å². The fourth-order valence-corrected chi connectivity index (χ4v) is 4.03. The van der Waals surface area contributed by atoms with Gasteiger partial charge in [0, 0.05) is 45.5 Å². The van der Waals surface area contributed by atoms with Crippen molar-refractivity contribution in [3.63, 3.8) is 0 Å². The van der Waals surface area contributed by atoms with Crippen molar-refractivity contribution in [2.45, 2.75) is 6.42 Å². The average molecular weight is 448 g/mol. The summed E-state index contributed by atoms with van der Waals surface area (Å²) in [4.78, 5) is 37.4. The number of carbonyl (C=O) groups excluding carboxylic acids is 2. The van der Waals surface area contributed by atoms with Crippen molar-refractivity contribution in [2.75, 3.05) is 39.9 Å². The van der Waals surface area contributed by atoms with E-state index in [-0.39, 0.29) is 11.8 Å². The number of benzene rings is 1. The minimum Gasteiger partial charge on any atom is -0.378 e. The van der Waals surface area contributed by atoms with Crippen LogP contribution in [-0.4, -0.2) is 76.0 Å². The molecule has 4 rings (SSSR count). The third-order valence-electron chi connectivity index (χ3n) is 6.01. The highest BCUT2D eigenvalue weighted by atomic mass is 16.5. The van der Waals surface area contributed by atoms with Crippen molar-refractivity contribution >= 4 is 28.4 Å². The lowest BCUT2D eigenvalue weighted by molar-refractivity contribution is 0.0304. The maximum atomic E-state index is 13.4. The Morgan fingerprint density at radius 2 is 2.03 bits per heavy atom. The van der Waals surface area contributed by atoms with Gasteiger partial charge in [-0.25, -0.2) is 4.98 Å². The molecule has 1 aromatic carbocycles. The second-order valence-corrected chi connectivity index (χ2v) is 8.20. The number of rotatable bonds is 7. The minimum absolute atomic E-state index is 0.0776. The normalized spacial score (nSPS) is 13.8. The van der Waals surface area contributed by atoms with Crippen molar-refractivity contribution < 1.29 is 14.3 Å². The topological polar surface area (TPSA) is 83.5 Å². The van der Waals surface area contributed by atoms with Crippen molar-refractivity contribution in [1.29, 1.82) is 0 Å². The molecule has 0 saturated carbocycles. The number of amides is 2. The number of hydrogen-bond acceptors (Lipinski definition) is 4. The highest BCUT2D eigenvalue weighted by Crippen LogP contribution is 2.30. The van der Waals surface area contributed by atoms with Crippen LogP contribution in [0.5, 0.6) is 0 Å². The van der Waals surface area contributed by atoms with Gasteiger partial charge in [-0.3, -0.25) is 9.59 Å². The Morgan fingerprint density at radius 3 is 2.76 bits per heavy atom. The summed E-state index contributed by atoms with van der Waals surface area (Å²) in [6.07, 6.45) is 5.93. The molecule has 3 aromatic rings. The molecular weight excluding hydrogens is 418 g/mol. The van der Waals surface area contributed by atoms with Gasteiger partial charge in [-0.05, 0) is 35.8 Å². The fourth-order valence-electron chi connectivity index (χ4n) is 4.03. The number of aromatic amines is 1. The molecule has 2 aromatic heterocycles. The van der Waals surface area contributed by atoms with Gasteiger partial charge in [0.1, 0.15) is 11.2 Å². The SMILES string of the molecule is C=CCCN(C)C(=O)c1[nH]ccc1C(=C)c1cc(C(=O)N2CCOCC2)c2ncn(C)c2c1. The third kappa shape index (κ3) is 4.34. The van der Waals surface area contributed by atoms with Gasteiger partial charge < -0.3 is 24.1 Å². The maximum absolute atomic E-state index is 13.4. The number of H-pyrrole nitrogens is 1. The molecule has 3 heterocycles. The van der Waals surface area contributed by atoms with Crippen LogP contribution in [0.1, 0.15) is 38.4 Å². The minimum atomic E-state index is -0.121. The first-order valence-corrected chi connectivity index (χ1v) is 11.0. The summed E-state index contributed by atoms with van der Waals surface area (Å²) >= 11 is 0. The Balaban J connectivity index is 1.72. The molecule has 0 radical (unpaired) electrons. The second-order valence-electron chi connectivity index (χ2n) is 8.20. The molecule has 1 N–H and O–H groups in total. The van der Waals surface area contributed by atoms with Crippen LogP contribution in [0, 0.1) is 0 Å². The van der Waals surface area contributed by atoms with E-state index in [0.29, 0.717) is 67.2 Å². The average Bonchev–Trinajstić information content (AvgIpc) is 3.48. The molecule has 2 amide bonds. The lowest BCUT2D eigenvalue weighted by Crippen LogP contribution is -2.40. The van der Waals surface area contributed by atoms with E-state index in [1.807, 2.05) is 29.8 Å². The van der Waals surface area contributed by atoms with Gasteiger partial charge in [-0.15, -0.1) is 6.58 Å². The van der Waals surface area contributed by atoms with Crippen molar-refractivity contribution in [2.24, 2.45) is 7.05 Å². The van der Waals surface area contributed by atoms with Gasteiger partial charge in [0.15, 0.2) is 0 Å². The molecule has 8 nitrogen and oxygen atoms in total. The number of nitrogens with one attached hydrogen (secondary N) is 1. The van der Waals surface area contributed by atoms with Crippen molar-refractivity contribution in [3.05, 3.63) is 72.3 Å². The van der Waals surface area contributed by atoms with E-state index < -0.39 is 0 Å². The highest BCUT2D eigenvalue weighted by Gasteiger charge is 2.25. The van der Waals surface area contributed by atoms with Crippen LogP contribution >= 0.6 is 0 Å². The van der Waals surface area contributed by atoms with E-state index in [0.717, 1.165) is 11.1 Å². The Hall–Kier alpha value is -3.65. The van der Waals surface area contributed by atoms with Gasteiger partial charge in [-0.2, -0.15) is 0 Å². The second kappa shape index (κ2) is 9.46. The van der Waals surface area contributed by atoms with E-state index in [1.54, 1.807) is 35.4 Å². The monoisotopic (exact) mass is 447 g/mol. The highest BCUT2D eigenvalue weighted by molar-refractivity contribution is 6.07. The van der Waals surface area contributed by atoms with Gasteiger partial charge in [-0.1, -0.05) is 12.7 Å². The molecule has 1 fully saturated rings. The molecule has 172 valence electrons. The fraction of sp³-hybridized carbons (Fsp3) is 0.320. The van der Waals surface area contributed by atoms with E-state index in [1.165, 1.54) is 0 Å². The van der Waals surface area contributed by atoms with Crippen LogP contribution in [0.4, 0.5) is 0 Å². The Kier molecular flexibility index (Phi) is 6.46. The van der Waals surface area contributed by atoms with Gasteiger partial charge in [0.2, 0.25) is 0 Å². The molecule has 0 aliphatic carbocycles. The van der Waals surface area contributed by atoms with Crippen LogP contribution in [-0.2, 0) is 11.8 Å². The first-order valence-electron chi connectivity index (χ1n) is 11.0. The zero-order valence-electron chi connectivity index (χ0n) is 19.1. The number of carbonyl (C=O) groups is 2. The van der Waals surface area contributed by atoms with Gasteiger partial charge in [0.25, 0.3) is 11.8 Å². The predicted molar refractivity (Wildman–Crippen MR) is 128 cm³/mol. The van der Waals surface area contributed by atoms with E-state index in [4.69, 9.17) is 4.74 Å². The Bertz CT molecular complexity index is 1220. The van der Waals surface area contributed by atoms with E-state index in [2.05, 4.69) is 23.1 Å². The number of aromatic nitrogens is 3. The zero-order valence-corrected chi connectivity index (χ0v) is 19.1. The van der Waals surface area contributed by atoms with Crippen molar-refractivity contribution in [1.82, 2.24) is 24.3 Å². The first kappa shape index (κ1) is 22.5.